The van der Waals surface area contributed by atoms with Gasteiger partial charge in [0, 0.05) is 0 Å². The SMILES string of the molecule is [K+].[S-]c1nc2ccccc2[se]1. The van der Waals surface area contributed by atoms with Crippen LogP contribution in [-0.2, 0) is 12.6 Å². The summed E-state index contributed by atoms with van der Waals surface area (Å²) in [4.78, 5) is 4.21. The van der Waals surface area contributed by atoms with Crippen molar-refractivity contribution in [1.29, 1.82) is 0 Å². The predicted octanol–water partition coefficient (Wildman–Crippen LogP) is -1.80. The Morgan fingerprint density at radius 3 is 2.73 bits per heavy atom. The molecule has 0 aliphatic carbocycles. The van der Waals surface area contributed by atoms with Gasteiger partial charge in [-0.05, 0) is 0 Å². The second kappa shape index (κ2) is 4.49. The molecule has 11 heavy (non-hydrogen) atoms. The van der Waals surface area contributed by atoms with Gasteiger partial charge in [-0.2, -0.15) is 0 Å². The molecule has 0 amide bonds. The number of hydrogen-bond donors (Lipinski definition) is 0. The van der Waals surface area contributed by atoms with Crippen LogP contribution in [0.2, 0.25) is 0 Å². The Kier molecular flexibility index (Phi) is 4.22. The van der Waals surface area contributed by atoms with Gasteiger partial charge < -0.3 is 0 Å². The number of rotatable bonds is 0. The molecule has 0 aliphatic rings. The zero-order chi connectivity index (χ0) is 6.97. The van der Waals surface area contributed by atoms with Crippen LogP contribution in [-0.4, -0.2) is 19.5 Å². The maximum atomic E-state index is 4.99. The molecular weight excluding hydrogens is 248 g/mol. The van der Waals surface area contributed by atoms with Crippen molar-refractivity contribution < 1.29 is 51.4 Å². The van der Waals surface area contributed by atoms with Crippen LogP contribution in [0.1, 0.15) is 0 Å². The molecule has 0 saturated heterocycles. The van der Waals surface area contributed by atoms with E-state index in [9.17, 15) is 0 Å². The number of nitrogens with zero attached hydrogens (tertiary/aromatic N) is 1. The zero-order valence-electron chi connectivity index (χ0n) is 6.07. The van der Waals surface area contributed by atoms with Crippen LogP contribution >= 0.6 is 0 Å². The molecule has 0 radical (unpaired) electrons. The Morgan fingerprint density at radius 1 is 1.27 bits per heavy atom. The standard InChI is InChI=1S/C7H5NSSe.K/c9-7-8-5-3-1-2-4-6(5)10-7;/h1-4H,(H,8,9);/q;+1/p-1. The van der Waals surface area contributed by atoms with E-state index < -0.39 is 0 Å². The first-order valence-corrected chi connectivity index (χ1v) is 5.01. The minimum absolute atomic E-state index is 0. The molecule has 0 atom stereocenters. The quantitative estimate of drug-likeness (QED) is 0.405. The molecule has 1 heterocycles. The third-order valence-corrected chi connectivity index (χ3v) is 3.54. The van der Waals surface area contributed by atoms with Crippen LogP contribution in [0.4, 0.5) is 0 Å². The van der Waals surface area contributed by atoms with Crippen LogP contribution < -0.4 is 51.4 Å². The van der Waals surface area contributed by atoms with Crippen LogP contribution in [0, 0.1) is 0 Å². The maximum absolute atomic E-state index is 4.99. The van der Waals surface area contributed by atoms with E-state index in [2.05, 4.69) is 11.1 Å². The molecular formula is C7H4KNSSe. The number of hydrogen-bond acceptors (Lipinski definition) is 2. The molecule has 0 N–H and O–H groups in total. The summed E-state index contributed by atoms with van der Waals surface area (Å²) in [5.41, 5.74) is 1.08. The van der Waals surface area contributed by atoms with Crippen LogP contribution in [0.3, 0.4) is 0 Å². The molecule has 50 valence electrons. The van der Waals surface area contributed by atoms with Crippen LogP contribution in [0.15, 0.2) is 28.2 Å². The fourth-order valence-electron chi connectivity index (χ4n) is 0.851. The molecule has 1 nitrogen and oxygen atoms in total. The summed E-state index contributed by atoms with van der Waals surface area (Å²) in [5.74, 6) is 0. The fourth-order valence-corrected chi connectivity index (χ4v) is 2.88. The average Bonchev–Trinajstić information content (AvgIpc) is 2.27. The molecule has 0 unspecified atom stereocenters. The van der Waals surface area contributed by atoms with E-state index in [0.29, 0.717) is 14.5 Å². The van der Waals surface area contributed by atoms with Gasteiger partial charge in [0.15, 0.2) is 0 Å². The first-order valence-electron chi connectivity index (χ1n) is 2.89. The topological polar surface area (TPSA) is 12.9 Å². The van der Waals surface area contributed by atoms with Gasteiger partial charge in [-0.15, -0.1) is 0 Å². The summed E-state index contributed by atoms with van der Waals surface area (Å²) < 4.78 is 2.19. The van der Waals surface area contributed by atoms with Crippen molar-refractivity contribution in [1.82, 2.24) is 4.98 Å². The van der Waals surface area contributed by atoms with E-state index in [1.54, 1.807) is 0 Å². The molecule has 4 heteroatoms. The predicted molar refractivity (Wildman–Crippen MR) is 44.3 cm³/mol. The second-order valence-corrected chi connectivity index (χ2v) is 5.08. The van der Waals surface area contributed by atoms with Crippen molar-refractivity contribution in [2.75, 3.05) is 0 Å². The van der Waals surface area contributed by atoms with Gasteiger partial charge in [-0.25, -0.2) is 0 Å². The normalized spacial score (nSPS) is 9.45. The van der Waals surface area contributed by atoms with Crippen molar-refractivity contribution in [3.63, 3.8) is 0 Å². The van der Waals surface area contributed by atoms with Gasteiger partial charge in [0.1, 0.15) is 0 Å². The van der Waals surface area contributed by atoms with Gasteiger partial charge in [0.05, 0.1) is 0 Å². The van der Waals surface area contributed by atoms with Gasteiger partial charge >= 0.3 is 121 Å². The average molecular weight is 252 g/mol. The van der Waals surface area contributed by atoms with Gasteiger partial charge in [0.2, 0.25) is 0 Å². The van der Waals surface area contributed by atoms with Crippen molar-refractivity contribution in [3.05, 3.63) is 24.3 Å². The molecule has 2 rings (SSSR count). The van der Waals surface area contributed by atoms with Gasteiger partial charge in [0.25, 0.3) is 0 Å². The Hall–Kier alpha value is 1.27. The van der Waals surface area contributed by atoms with E-state index in [1.807, 2.05) is 18.2 Å². The number of benzene rings is 1. The first-order chi connectivity index (χ1) is 4.86. The van der Waals surface area contributed by atoms with Gasteiger partial charge in [-0.3, -0.25) is 0 Å². The fraction of sp³-hybridized carbons (Fsp3) is 0. The second-order valence-electron chi connectivity index (χ2n) is 1.95. The summed E-state index contributed by atoms with van der Waals surface area (Å²) in [6, 6.07) is 8.13. The van der Waals surface area contributed by atoms with E-state index in [-0.39, 0.29) is 51.4 Å². The molecule has 0 spiro atoms. The first kappa shape index (κ1) is 10.3. The van der Waals surface area contributed by atoms with Crippen molar-refractivity contribution >= 4 is 36.9 Å². The summed E-state index contributed by atoms with van der Waals surface area (Å²) in [6.07, 6.45) is 0. The number of para-hydroxylation sites is 1. The Morgan fingerprint density at radius 2 is 2.00 bits per heavy atom. The number of fused-ring (bicyclic) bond motifs is 1. The molecule has 0 bridgehead atoms. The molecule has 0 fully saturated rings. The Balaban J connectivity index is 0.000000605. The van der Waals surface area contributed by atoms with Crippen molar-refractivity contribution in [2.24, 2.45) is 0 Å². The minimum atomic E-state index is 0. The monoisotopic (exact) mass is 253 g/mol. The molecule has 1 aromatic heterocycles. The van der Waals surface area contributed by atoms with Crippen LogP contribution in [0.5, 0.6) is 0 Å². The summed E-state index contributed by atoms with van der Waals surface area (Å²) >= 11 is 5.31. The molecule has 0 saturated carbocycles. The Labute approximate surface area is 119 Å². The van der Waals surface area contributed by atoms with Crippen LogP contribution in [0.25, 0.3) is 9.78 Å². The molecule has 2 aromatic rings. The van der Waals surface area contributed by atoms with E-state index in [4.69, 9.17) is 12.6 Å². The number of aromatic nitrogens is 1. The van der Waals surface area contributed by atoms with E-state index in [1.165, 1.54) is 4.26 Å². The Bertz CT molecular complexity index is 327. The molecule has 1 aromatic carbocycles. The summed E-state index contributed by atoms with van der Waals surface area (Å²) in [6.45, 7) is 0. The third kappa shape index (κ3) is 2.36. The molecule has 0 aliphatic heterocycles. The zero-order valence-corrected chi connectivity index (χ0v) is 11.7. The van der Waals surface area contributed by atoms with Crippen molar-refractivity contribution in [3.8, 4) is 0 Å². The van der Waals surface area contributed by atoms with E-state index >= 15 is 0 Å². The van der Waals surface area contributed by atoms with Crippen molar-refractivity contribution in [2.45, 2.75) is 3.90 Å². The van der Waals surface area contributed by atoms with Gasteiger partial charge in [-0.1, -0.05) is 0 Å². The van der Waals surface area contributed by atoms with E-state index in [0.717, 1.165) is 9.42 Å². The third-order valence-electron chi connectivity index (χ3n) is 1.27. The summed E-state index contributed by atoms with van der Waals surface area (Å²) in [7, 11) is 0. The summed E-state index contributed by atoms with van der Waals surface area (Å²) in [5, 5.41) is 0.